The Hall–Kier alpha value is -0.0900. The van der Waals surface area contributed by atoms with Crippen molar-refractivity contribution in [3.05, 3.63) is 0 Å². The molecule has 0 aromatic carbocycles. The first kappa shape index (κ1) is 11.9. The Morgan fingerprint density at radius 3 is 2.58 bits per heavy atom. The number of amides is 1. The zero-order chi connectivity index (χ0) is 9.61. The Morgan fingerprint density at radius 1 is 1.58 bits per heavy atom. The topological polar surface area (TPSA) is 38.3 Å². The van der Waals surface area contributed by atoms with Gasteiger partial charge in [-0.2, -0.15) is 0 Å². The van der Waals surface area contributed by atoms with Gasteiger partial charge in [0.2, 0.25) is 5.91 Å². The zero-order valence-electron chi connectivity index (χ0n) is 7.82. The van der Waals surface area contributed by atoms with Gasteiger partial charge >= 0.3 is 0 Å². The van der Waals surface area contributed by atoms with Gasteiger partial charge in [0, 0.05) is 18.9 Å². The smallest absolute Gasteiger partial charge is 0.221 e. The summed E-state index contributed by atoms with van der Waals surface area (Å²) in [6.45, 7) is 4.40. The summed E-state index contributed by atoms with van der Waals surface area (Å²) in [7, 11) is 1.62. The van der Waals surface area contributed by atoms with Gasteiger partial charge in [-0.25, -0.2) is 0 Å². The lowest BCUT2D eigenvalue weighted by atomic mass is 10.1. The van der Waals surface area contributed by atoms with Crippen molar-refractivity contribution in [2.45, 2.75) is 25.8 Å². The first-order valence-corrected chi connectivity index (χ1v) is 5.00. The van der Waals surface area contributed by atoms with E-state index in [9.17, 15) is 4.79 Å². The highest BCUT2D eigenvalue weighted by molar-refractivity contribution is 9.09. The van der Waals surface area contributed by atoms with E-state index in [1.165, 1.54) is 0 Å². The number of halogens is 1. The molecule has 72 valence electrons. The minimum absolute atomic E-state index is 0.0499. The number of nitrogens with one attached hydrogen (secondary N) is 1. The highest BCUT2D eigenvalue weighted by atomic mass is 79.9. The van der Waals surface area contributed by atoms with Gasteiger partial charge in [0.15, 0.2) is 0 Å². The summed E-state index contributed by atoms with van der Waals surface area (Å²) in [5.41, 5.74) is -0.270. The average molecular weight is 238 g/mol. The average Bonchev–Trinajstić information content (AvgIpc) is 1.85. The quantitative estimate of drug-likeness (QED) is 0.733. The third kappa shape index (κ3) is 5.55. The van der Waals surface area contributed by atoms with Crippen LogP contribution in [0, 0.1) is 0 Å². The lowest BCUT2D eigenvalue weighted by Gasteiger charge is -2.24. The van der Waals surface area contributed by atoms with E-state index in [0.29, 0.717) is 18.4 Å². The number of alkyl halides is 1. The lowest BCUT2D eigenvalue weighted by Crippen LogP contribution is -2.46. The van der Waals surface area contributed by atoms with Crippen LogP contribution >= 0.6 is 15.9 Å². The molecule has 12 heavy (non-hydrogen) atoms. The van der Waals surface area contributed by atoms with Gasteiger partial charge in [-0.1, -0.05) is 15.9 Å². The summed E-state index contributed by atoms with van der Waals surface area (Å²) in [6.07, 6.45) is 0.507. The number of methoxy groups -OCH3 is 1. The molecule has 0 atom stereocenters. The minimum Gasteiger partial charge on any atom is -0.382 e. The number of carbonyl (C=O) groups excluding carboxylic acids is 1. The van der Waals surface area contributed by atoms with Crippen LogP contribution in [0.2, 0.25) is 0 Å². The number of hydrogen-bond acceptors (Lipinski definition) is 2. The molecular weight excluding hydrogens is 222 g/mol. The standard InChI is InChI=1S/C8H16BrNO2/c1-8(2,6-12-3)10-7(11)4-5-9/h4-6H2,1-3H3,(H,10,11). The lowest BCUT2D eigenvalue weighted by molar-refractivity contribution is -0.122. The molecule has 0 aliphatic heterocycles. The Bertz CT molecular complexity index is 148. The molecule has 0 aromatic heterocycles. The summed E-state index contributed by atoms with van der Waals surface area (Å²) in [4.78, 5) is 11.1. The summed E-state index contributed by atoms with van der Waals surface area (Å²) in [5.74, 6) is 0.0499. The highest BCUT2D eigenvalue weighted by Crippen LogP contribution is 2.02. The maximum absolute atomic E-state index is 11.1. The fourth-order valence-electron chi connectivity index (χ4n) is 0.923. The van der Waals surface area contributed by atoms with E-state index in [1.807, 2.05) is 13.8 Å². The molecule has 1 amide bonds. The van der Waals surface area contributed by atoms with Crippen molar-refractivity contribution in [1.29, 1.82) is 0 Å². The first-order chi connectivity index (χ1) is 5.52. The van der Waals surface area contributed by atoms with Crippen LogP contribution in [-0.4, -0.2) is 30.5 Å². The Labute approximate surface area is 82.0 Å². The molecule has 0 rings (SSSR count). The Balaban J connectivity index is 3.79. The summed E-state index contributed by atoms with van der Waals surface area (Å²) >= 11 is 3.20. The van der Waals surface area contributed by atoms with Crippen LogP contribution in [0.5, 0.6) is 0 Å². The van der Waals surface area contributed by atoms with Crippen molar-refractivity contribution >= 4 is 21.8 Å². The molecule has 0 aromatic rings. The van der Waals surface area contributed by atoms with Crippen LogP contribution in [0.3, 0.4) is 0 Å². The fraction of sp³-hybridized carbons (Fsp3) is 0.875. The highest BCUT2D eigenvalue weighted by Gasteiger charge is 2.19. The molecule has 0 unspecified atom stereocenters. The van der Waals surface area contributed by atoms with Crippen LogP contribution in [0.1, 0.15) is 20.3 Å². The van der Waals surface area contributed by atoms with E-state index < -0.39 is 0 Å². The summed E-state index contributed by atoms with van der Waals surface area (Å²) in [6, 6.07) is 0. The predicted molar refractivity (Wildman–Crippen MR) is 52.5 cm³/mol. The second-order valence-corrected chi connectivity index (χ2v) is 4.10. The molecule has 0 saturated heterocycles. The fourth-order valence-corrected chi connectivity index (χ4v) is 1.28. The van der Waals surface area contributed by atoms with Crippen molar-refractivity contribution in [2.75, 3.05) is 19.0 Å². The second-order valence-electron chi connectivity index (χ2n) is 3.30. The molecule has 0 radical (unpaired) electrons. The molecule has 1 N–H and O–H groups in total. The van der Waals surface area contributed by atoms with Crippen molar-refractivity contribution in [2.24, 2.45) is 0 Å². The van der Waals surface area contributed by atoms with Crippen molar-refractivity contribution in [3.63, 3.8) is 0 Å². The number of rotatable bonds is 5. The van der Waals surface area contributed by atoms with Gasteiger partial charge in [0.25, 0.3) is 0 Å². The van der Waals surface area contributed by atoms with Crippen LogP contribution in [0.4, 0.5) is 0 Å². The van der Waals surface area contributed by atoms with Crippen LogP contribution in [0.25, 0.3) is 0 Å². The molecule has 4 heteroatoms. The Morgan fingerprint density at radius 2 is 2.17 bits per heavy atom. The summed E-state index contributed by atoms with van der Waals surface area (Å²) < 4.78 is 4.96. The molecule has 0 bridgehead atoms. The molecular formula is C8H16BrNO2. The van der Waals surface area contributed by atoms with Crippen molar-refractivity contribution in [3.8, 4) is 0 Å². The van der Waals surface area contributed by atoms with Crippen LogP contribution < -0.4 is 5.32 Å². The van der Waals surface area contributed by atoms with Crippen LogP contribution in [-0.2, 0) is 9.53 Å². The van der Waals surface area contributed by atoms with Gasteiger partial charge in [-0.3, -0.25) is 4.79 Å². The zero-order valence-corrected chi connectivity index (χ0v) is 9.40. The van der Waals surface area contributed by atoms with Crippen LogP contribution in [0.15, 0.2) is 0 Å². The third-order valence-electron chi connectivity index (χ3n) is 1.30. The monoisotopic (exact) mass is 237 g/mol. The SMILES string of the molecule is COCC(C)(C)NC(=O)CCBr. The predicted octanol–water partition coefficient (Wildman–Crippen LogP) is 1.31. The molecule has 0 aliphatic rings. The van der Waals surface area contributed by atoms with E-state index >= 15 is 0 Å². The molecule has 0 spiro atoms. The molecule has 0 fully saturated rings. The van der Waals surface area contributed by atoms with Gasteiger partial charge in [0.1, 0.15) is 0 Å². The molecule has 3 nitrogen and oxygen atoms in total. The maximum atomic E-state index is 11.1. The Kier molecular flexibility index (Phi) is 5.50. The van der Waals surface area contributed by atoms with Crippen molar-refractivity contribution in [1.82, 2.24) is 5.32 Å². The van der Waals surface area contributed by atoms with Gasteiger partial charge in [0.05, 0.1) is 12.1 Å². The van der Waals surface area contributed by atoms with Gasteiger partial charge < -0.3 is 10.1 Å². The molecule has 0 saturated carbocycles. The van der Waals surface area contributed by atoms with Crippen molar-refractivity contribution < 1.29 is 9.53 Å². The van der Waals surface area contributed by atoms with Gasteiger partial charge in [-0.05, 0) is 13.8 Å². The van der Waals surface area contributed by atoms with E-state index in [4.69, 9.17) is 4.74 Å². The molecule has 0 aliphatic carbocycles. The largest absolute Gasteiger partial charge is 0.382 e. The third-order valence-corrected chi connectivity index (χ3v) is 1.70. The second kappa shape index (κ2) is 5.54. The normalized spacial score (nSPS) is 11.3. The maximum Gasteiger partial charge on any atom is 0.221 e. The van der Waals surface area contributed by atoms with E-state index in [1.54, 1.807) is 7.11 Å². The number of ether oxygens (including phenoxy) is 1. The minimum atomic E-state index is -0.270. The van der Waals surface area contributed by atoms with E-state index in [0.717, 1.165) is 0 Å². The van der Waals surface area contributed by atoms with E-state index in [2.05, 4.69) is 21.2 Å². The first-order valence-electron chi connectivity index (χ1n) is 3.88. The number of hydrogen-bond donors (Lipinski definition) is 1. The van der Waals surface area contributed by atoms with Gasteiger partial charge in [-0.15, -0.1) is 0 Å². The van der Waals surface area contributed by atoms with E-state index in [-0.39, 0.29) is 11.4 Å². The number of carbonyl (C=O) groups is 1. The molecule has 0 heterocycles. The summed E-state index contributed by atoms with van der Waals surface area (Å²) in [5, 5.41) is 3.56.